The van der Waals surface area contributed by atoms with Crippen LogP contribution >= 0.6 is 0 Å². The highest BCUT2D eigenvalue weighted by molar-refractivity contribution is 5.86. The predicted molar refractivity (Wildman–Crippen MR) is 70.4 cm³/mol. The summed E-state index contributed by atoms with van der Waals surface area (Å²) >= 11 is 0. The van der Waals surface area contributed by atoms with E-state index >= 15 is 0 Å². The molecule has 0 aliphatic heterocycles. The van der Waals surface area contributed by atoms with Gasteiger partial charge in [0.1, 0.15) is 0 Å². The van der Waals surface area contributed by atoms with Crippen LogP contribution in [0.15, 0.2) is 4.42 Å². The van der Waals surface area contributed by atoms with Crippen LogP contribution in [0.2, 0.25) is 0 Å². The zero-order valence-electron chi connectivity index (χ0n) is 11.8. The molecule has 4 nitrogen and oxygen atoms in total. The molecule has 2 aliphatic rings. The van der Waals surface area contributed by atoms with Crippen molar-refractivity contribution in [2.24, 2.45) is 11.8 Å². The minimum absolute atomic E-state index is 0.0327. The lowest BCUT2D eigenvalue weighted by Gasteiger charge is -2.18. The monoisotopic (exact) mass is 263 g/mol. The quantitative estimate of drug-likeness (QED) is 0.885. The van der Waals surface area contributed by atoms with E-state index in [9.17, 15) is 9.90 Å². The third-order valence-corrected chi connectivity index (χ3v) is 4.60. The highest BCUT2D eigenvalue weighted by Crippen LogP contribution is 2.53. The molecule has 1 N–H and O–H groups in total. The van der Waals surface area contributed by atoms with Gasteiger partial charge in [0.15, 0.2) is 5.89 Å². The van der Waals surface area contributed by atoms with Gasteiger partial charge >= 0.3 is 5.97 Å². The van der Waals surface area contributed by atoms with Crippen LogP contribution in [-0.2, 0) is 5.41 Å². The molecule has 3 unspecified atom stereocenters. The van der Waals surface area contributed by atoms with Crippen molar-refractivity contribution in [3.63, 3.8) is 0 Å². The molecule has 1 heterocycles. The van der Waals surface area contributed by atoms with E-state index in [1.165, 1.54) is 19.3 Å². The van der Waals surface area contributed by atoms with Crippen LogP contribution in [0.5, 0.6) is 0 Å². The molecule has 0 saturated heterocycles. The normalized spacial score (nSPS) is 29.9. The van der Waals surface area contributed by atoms with Gasteiger partial charge in [-0.1, -0.05) is 27.2 Å². The number of aromatic nitrogens is 1. The molecule has 4 heteroatoms. The number of hydrogen-bond acceptors (Lipinski definition) is 3. The Labute approximate surface area is 113 Å². The van der Waals surface area contributed by atoms with Gasteiger partial charge in [-0.3, -0.25) is 0 Å². The van der Waals surface area contributed by atoms with Crippen molar-refractivity contribution in [1.29, 1.82) is 0 Å². The van der Waals surface area contributed by atoms with Crippen LogP contribution in [0.1, 0.15) is 74.5 Å². The summed E-state index contributed by atoms with van der Waals surface area (Å²) in [7, 11) is 0. The summed E-state index contributed by atoms with van der Waals surface area (Å²) in [6.07, 6.45) is 4.94. The number of oxazole rings is 1. The number of hydrogen-bond donors (Lipinski definition) is 1. The SMILES string of the molecule is CC(C)(C)c1nc(C2CC3CCC2C3)oc1C(=O)O. The molecular formula is C15H21NO3. The molecule has 2 bridgehead atoms. The third-order valence-electron chi connectivity index (χ3n) is 4.60. The molecule has 19 heavy (non-hydrogen) atoms. The molecule has 0 spiro atoms. The topological polar surface area (TPSA) is 63.3 Å². The van der Waals surface area contributed by atoms with E-state index in [2.05, 4.69) is 4.98 Å². The fraction of sp³-hybridized carbons (Fsp3) is 0.733. The van der Waals surface area contributed by atoms with Gasteiger partial charge in [-0.2, -0.15) is 0 Å². The highest BCUT2D eigenvalue weighted by Gasteiger charge is 2.43. The van der Waals surface area contributed by atoms with Crippen molar-refractivity contribution in [2.75, 3.05) is 0 Å². The van der Waals surface area contributed by atoms with Crippen molar-refractivity contribution >= 4 is 5.97 Å². The smallest absolute Gasteiger partial charge is 0.373 e. The third kappa shape index (κ3) is 2.07. The van der Waals surface area contributed by atoms with Crippen LogP contribution in [0, 0.1) is 11.8 Å². The Morgan fingerprint density at radius 1 is 1.32 bits per heavy atom. The standard InChI is InChI=1S/C15H21NO3/c1-15(2,3)12-11(14(17)18)19-13(16-12)10-7-8-4-5-9(10)6-8/h8-10H,4-7H2,1-3H3,(H,17,18). The lowest BCUT2D eigenvalue weighted by molar-refractivity contribution is 0.0655. The van der Waals surface area contributed by atoms with Crippen LogP contribution in [0.25, 0.3) is 0 Å². The Bertz CT molecular complexity index is 512. The van der Waals surface area contributed by atoms with Gasteiger partial charge in [0.2, 0.25) is 5.76 Å². The summed E-state index contributed by atoms with van der Waals surface area (Å²) < 4.78 is 5.63. The summed E-state index contributed by atoms with van der Waals surface area (Å²) in [5.41, 5.74) is 0.283. The molecule has 1 aromatic rings. The molecule has 0 radical (unpaired) electrons. The lowest BCUT2D eigenvalue weighted by Crippen LogP contribution is -2.16. The Kier molecular flexibility index (Phi) is 2.73. The van der Waals surface area contributed by atoms with Crippen LogP contribution in [0.4, 0.5) is 0 Å². The van der Waals surface area contributed by atoms with Gasteiger partial charge in [-0.05, 0) is 31.1 Å². The Morgan fingerprint density at radius 3 is 2.47 bits per heavy atom. The zero-order chi connectivity index (χ0) is 13.8. The van der Waals surface area contributed by atoms with Crippen LogP contribution in [0.3, 0.4) is 0 Å². The first-order valence-corrected chi connectivity index (χ1v) is 7.10. The molecule has 0 amide bonds. The average molecular weight is 263 g/mol. The number of carboxylic acids is 1. The Morgan fingerprint density at radius 2 is 2.05 bits per heavy atom. The van der Waals surface area contributed by atoms with Crippen molar-refractivity contribution in [2.45, 2.75) is 57.8 Å². The van der Waals surface area contributed by atoms with E-state index in [0.717, 1.165) is 12.3 Å². The minimum atomic E-state index is -1.01. The summed E-state index contributed by atoms with van der Waals surface area (Å²) in [5, 5.41) is 9.28. The summed E-state index contributed by atoms with van der Waals surface area (Å²) in [6, 6.07) is 0. The maximum Gasteiger partial charge on any atom is 0.373 e. The zero-order valence-corrected chi connectivity index (χ0v) is 11.8. The molecule has 104 valence electrons. The molecule has 3 atom stereocenters. The Balaban J connectivity index is 1.97. The molecule has 0 aromatic carbocycles. The first kappa shape index (κ1) is 12.7. The van der Waals surface area contributed by atoms with Crippen molar-refractivity contribution in [1.82, 2.24) is 4.98 Å². The maximum atomic E-state index is 11.3. The van der Waals surface area contributed by atoms with Gasteiger partial charge in [0.05, 0.1) is 5.69 Å². The molecule has 3 rings (SSSR count). The largest absolute Gasteiger partial charge is 0.475 e. The van der Waals surface area contributed by atoms with Crippen molar-refractivity contribution in [3.8, 4) is 0 Å². The van der Waals surface area contributed by atoms with Gasteiger partial charge in [0, 0.05) is 11.3 Å². The molecule has 2 aliphatic carbocycles. The van der Waals surface area contributed by atoms with E-state index in [-0.39, 0.29) is 11.2 Å². The first-order valence-electron chi connectivity index (χ1n) is 7.10. The van der Waals surface area contributed by atoms with Gasteiger partial charge in [-0.15, -0.1) is 0 Å². The number of carbonyl (C=O) groups is 1. The van der Waals surface area contributed by atoms with Crippen molar-refractivity contribution in [3.05, 3.63) is 17.3 Å². The van der Waals surface area contributed by atoms with E-state index in [0.29, 0.717) is 23.4 Å². The summed E-state index contributed by atoms with van der Waals surface area (Å²) in [4.78, 5) is 15.9. The highest BCUT2D eigenvalue weighted by atomic mass is 16.4. The van der Waals surface area contributed by atoms with E-state index in [1.54, 1.807) is 0 Å². The Hall–Kier alpha value is -1.32. The number of aromatic carboxylic acids is 1. The minimum Gasteiger partial charge on any atom is -0.475 e. The van der Waals surface area contributed by atoms with E-state index in [1.807, 2.05) is 20.8 Å². The number of nitrogens with zero attached hydrogens (tertiary/aromatic N) is 1. The second-order valence-corrected chi connectivity index (χ2v) is 7.07. The maximum absolute atomic E-state index is 11.3. The fourth-order valence-electron chi connectivity index (χ4n) is 3.70. The van der Waals surface area contributed by atoms with Gasteiger partial charge in [-0.25, -0.2) is 9.78 Å². The van der Waals surface area contributed by atoms with Crippen LogP contribution < -0.4 is 0 Å². The summed E-state index contributed by atoms with van der Waals surface area (Å²) in [5.74, 6) is 1.48. The second kappa shape index (κ2) is 4.09. The predicted octanol–water partition coefficient (Wildman–Crippen LogP) is 3.57. The first-order chi connectivity index (χ1) is 8.86. The molecule has 2 fully saturated rings. The van der Waals surface area contributed by atoms with Crippen LogP contribution in [-0.4, -0.2) is 16.1 Å². The lowest BCUT2D eigenvalue weighted by atomic mass is 9.88. The molecule has 1 aromatic heterocycles. The van der Waals surface area contributed by atoms with Gasteiger partial charge < -0.3 is 9.52 Å². The second-order valence-electron chi connectivity index (χ2n) is 7.07. The molecular weight excluding hydrogens is 242 g/mol. The molecule has 2 saturated carbocycles. The van der Waals surface area contributed by atoms with E-state index in [4.69, 9.17) is 4.42 Å². The van der Waals surface area contributed by atoms with E-state index < -0.39 is 5.97 Å². The average Bonchev–Trinajstić information content (AvgIpc) is 3.01. The number of carboxylic acid groups (broad SMARTS) is 1. The number of fused-ring (bicyclic) bond motifs is 2. The van der Waals surface area contributed by atoms with Crippen molar-refractivity contribution < 1.29 is 14.3 Å². The summed E-state index contributed by atoms with van der Waals surface area (Å²) in [6.45, 7) is 5.92. The fourth-order valence-corrected chi connectivity index (χ4v) is 3.70. The number of rotatable bonds is 2. The van der Waals surface area contributed by atoms with Gasteiger partial charge in [0.25, 0.3) is 0 Å².